The zero-order chi connectivity index (χ0) is 13.0. The smallest absolute Gasteiger partial charge is 0.166 e. The van der Waals surface area contributed by atoms with Crippen LogP contribution in [0.4, 0.5) is 0 Å². The molecule has 0 unspecified atom stereocenters. The van der Waals surface area contributed by atoms with Crippen molar-refractivity contribution in [2.24, 2.45) is 0 Å². The SMILES string of the molecule is CNC[C@H]1O[C@H](C)[C@H](NC(=S)NC)[C@@H](O)[C@@H]1O. The number of nitrogens with one attached hydrogen (secondary N) is 3. The first-order chi connectivity index (χ1) is 8.01. The minimum atomic E-state index is -0.934. The minimum Gasteiger partial charge on any atom is -0.388 e. The molecule has 1 fully saturated rings. The molecule has 0 aromatic carbocycles. The standard InChI is InChI=1S/C10H21N3O3S/c1-5-7(13-10(17)12-3)9(15)8(14)6(16-5)4-11-2/h5-9,11,14-15H,4H2,1-3H3,(H2,12,13,17)/t5-,6-,7+,8-,9-/m1/s1. The van der Waals surface area contributed by atoms with E-state index in [0.29, 0.717) is 11.7 Å². The van der Waals surface area contributed by atoms with Crippen LogP contribution in [-0.2, 0) is 4.74 Å². The zero-order valence-electron chi connectivity index (χ0n) is 10.3. The summed E-state index contributed by atoms with van der Waals surface area (Å²) in [6, 6.07) is -0.418. The fourth-order valence-corrected chi connectivity index (χ4v) is 2.08. The molecule has 0 aliphatic carbocycles. The lowest BCUT2D eigenvalue weighted by atomic mass is 9.93. The summed E-state index contributed by atoms with van der Waals surface area (Å²) in [4.78, 5) is 0. The molecule has 17 heavy (non-hydrogen) atoms. The molecule has 100 valence electrons. The van der Waals surface area contributed by atoms with Crippen molar-refractivity contribution < 1.29 is 14.9 Å². The predicted molar refractivity (Wildman–Crippen MR) is 68.9 cm³/mol. The maximum absolute atomic E-state index is 10.0. The van der Waals surface area contributed by atoms with Gasteiger partial charge in [-0.1, -0.05) is 0 Å². The Balaban J connectivity index is 2.66. The topological polar surface area (TPSA) is 85.8 Å². The Bertz CT molecular complexity index is 267. The minimum absolute atomic E-state index is 0.238. The number of aliphatic hydroxyl groups is 2. The van der Waals surface area contributed by atoms with E-state index in [0.717, 1.165) is 0 Å². The second kappa shape index (κ2) is 6.46. The Hall–Kier alpha value is -0.470. The first-order valence-electron chi connectivity index (χ1n) is 5.65. The lowest BCUT2D eigenvalue weighted by molar-refractivity contribution is -0.174. The second-order valence-electron chi connectivity index (χ2n) is 4.17. The fraction of sp³-hybridized carbons (Fsp3) is 0.900. The molecular formula is C10H21N3O3S. The number of rotatable bonds is 3. The monoisotopic (exact) mass is 263 g/mol. The molecule has 0 bridgehead atoms. The molecule has 1 rings (SSSR count). The van der Waals surface area contributed by atoms with Crippen LogP contribution >= 0.6 is 12.2 Å². The van der Waals surface area contributed by atoms with Crippen LogP contribution in [0.5, 0.6) is 0 Å². The molecule has 5 atom stereocenters. The van der Waals surface area contributed by atoms with Gasteiger partial charge in [0.1, 0.15) is 12.2 Å². The highest BCUT2D eigenvalue weighted by molar-refractivity contribution is 7.80. The molecule has 6 nitrogen and oxygen atoms in total. The molecule has 0 saturated carbocycles. The molecule has 7 heteroatoms. The van der Waals surface area contributed by atoms with Crippen LogP contribution in [0, 0.1) is 0 Å². The molecule has 1 aliphatic heterocycles. The maximum atomic E-state index is 10.0. The van der Waals surface area contributed by atoms with Crippen molar-refractivity contribution in [3.05, 3.63) is 0 Å². The summed E-state index contributed by atoms with van der Waals surface area (Å²) < 4.78 is 5.64. The molecule has 0 amide bonds. The molecular weight excluding hydrogens is 242 g/mol. The van der Waals surface area contributed by atoms with E-state index in [4.69, 9.17) is 17.0 Å². The van der Waals surface area contributed by atoms with E-state index in [9.17, 15) is 10.2 Å². The van der Waals surface area contributed by atoms with E-state index in [2.05, 4.69) is 16.0 Å². The molecule has 0 radical (unpaired) electrons. The Morgan fingerprint density at radius 1 is 1.29 bits per heavy atom. The Morgan fingerprint density at radius 3 is 2.47 bits per heavy atom. The molecule has 1 aliphatic rings. The van der Waals surface area contributed by atoms with Gasteiger partial charge in [0.2, 0.25) is 0 Å². The predicted octanol–water partition coefficient (Wildman–Crippen LogP) is -1.82. The van der Waals surface area contributed by atoms with Crippen molar-refractivity contribution >= 4 is 17.3 Å². The van der Waals surface area contributed by atoms with Crippen LogP contribution in [0.2, 0.25) is 0 Å². The normalized spacial score (nSPS) is 37.6. The van der Waals surface area contributed by atoms with Crippen LogP contribution in [0.25, 0.3) is 0 Å². The van der Waals surface area contributed by atoms with Crippen molar-refractivity contribution in [1.29, 1.82) is 0 Å². The highest BCUT2D eigenvalue weighted by Gasteiger charge is 2.42. The first kappa shape index (κ1) is 14.6. The van der Waals surface area contributed by atoms with Crippen molar-refractivity contribution in [1.82, 2.24) is 16.0 Å². The van der Waals surface area contributed by atoms with E-state index in [1.165, 1.54) is 0 Å². The van der Waals surface area contributed by atoms with Crippen molar-refractivity contribution in [3.8, 4) is 0 Å². The van der Waals surface area contributed by atoms with E-state index in [1.54, 1.807) is 14.1 Å². The Morgan fingerprint density at radius 2 is 1.94 bits per heavy atom. The summed E-state index contributed by atoms with van der Waals surface area (Å²) >= 11 is 4.98. The average Bonchev–Trinajstić information content (AvgIpc) is 2.31. The van der Waals surface area contributed by atoms with Gasteiger partial charge in [-0.2, -0.15) is 0 Å². The number of thiocarbonyl (C=S) groups is 1. The Kier molecular flexibility index (Phi) is 5.54. The summed E-state index contributed by atoms with van der Waals surface area (Å²) in [5, 5.41) is 29.0. The molecule has 1 heterocycles. The van der Waals surface area contributed by atoms with E-state index < -0.39 is 24.4 Å². The quantitative estimate of drug-likeness (QED) is 0.383. The highest BCUT2D eigenvalue weighted by atomic mass is 32.1. The largest absolute Gasteiger partial charge is 0.388 e. The lowest BCUT2D eigenvalue weighted by Gasteiger charge is -2.42. The number of ether oxygens (including phenoxy) is 1. The van der Waals surface area contributed by atoms with Gasteiger partial charge >= 0.3 is 0 Å². The first-order valence-corrected chi connectivity index (χ1v) is 6.06. The van der Waals surface area contributed by atoms with Crippen LogP contribution in [-0.4, -0.2) is 66.4 Å². The molecule has 0 spiro atoms. The third-order valence-electron chi connectivity index (χ3n) is 2.92. The number of aliphatic hydroxyl groups excluding tert-OH is 2. The van der Waals surface area contributed by atoms with Gasteiger partial charge in [0.25, 0.3) is 0 Å². The van der Waals surface area contributed by atoms with Gasteiger partial charge in [0, 0.05) is 13.6 Å². The van der Waals surface area contributed by atoms with Crippen LogP contribution in [0.15, 0.2) is 0 Å². The summed E-state index contributed by atoms with van der Waals surface area (Å²) in [5.41, 5.74) is 0. The number of hydrogen-bond acceptors (Lipinski definition) is 5. The molecule has 0 aromatic heterocycles. The summed E-state index contributed by atoms with van der Waals surface area (Å²) in [7, 11) is 3.46. The fourth-order valence-electron chi connectivity index (χ4n) is 1.95. The van der Waals surface area contributed by atoms with Crippen molar-refractivity contribution in [3.63, 3.8) is 0 Å². The van der Waals surface area contributed by atoms with E-state index in [-0.39, 0.29) is 6.10 Å². The summed E-state index contributed by atoms with van der Waals surface area (Å²) in [6.45, 7) is 2.33. The average molecular weight is 263 g/mol. The van der Waals surface area contributed by atoms with Gasteiger partial charge in [-0.25, -0.2) is 0 Å². The number of hydrogen-bond donors (Lipinski definition) is 5. The van der Waals surface area contributed by atoms with Gasteiger partial charge in [-0.15, -0.1) is 0 Å². The van der Waals surface area contributed by atoms with Gasteiger partial charge in [0.05, 0.1) is 18.2 Å². The summed E-state index contributed by atoms with van der Waals surface area (Å²) in [6.07, 6.45) is -2.50. The van der Waals surface area contributed by atoms with Gasteiger partial charge in [0.15, 0.2) is 5.11 Å². The van der Waals surface area contributed by atoms with E-state index >= 15 is 0 Å². The third-order valence-corrected chi connectivity index (χ3v) is 3.25. The van der Waals surface area contributed by atoms with Gasteiger partial charge in [-0.3, -0.25) is 0 Å². The number of likely N-dealkylation sites (N-methyl/N-ethyl adjacent to an activating group) is 1. The highest BCUT2D eigenvalue weighted by Crippen LogP contribution is 2.20. The molecule has 1 saturated heterocycles. The van der Waals surface area contributed by atoms with Crippen LogP contribution < -0.4 is 16.0 Å². The van der Waals surface area contributed by atoms with Crippen LogP contribution in [0.1, 0.15) is 6.92 Å². The maximum Gasteiger partial charge on any atom is 0.166 e. The van der Waals surface area contributed by atoms with Crippen LogP contribution in [0.3, 0.4) is 0 Å². The van der Waals surface area contributed by atoms with Crippen molar-refractivity contribution in [2.45, 2.75) is 37.4 Å². The van der Waals surface area contributed by atoms with E-state index in [1.807, 2.05) is 6.92 Å². The molecule has 0 aromatic rings. The Labute approximate surface area is 107 Å². The third kappa shape index (κ3) is 3.49. The van der Waals surface area contributed by atoms with Crippen molar-refractivity contribution in [2.75, 3.05) is 20.6 Å². The summed E-state index contributed by atoms with van der Waals surface area (Å²) in [5.74, 6) is 0. The van der Waals surface area contributed by atoms with Gasteiger partial charge in [-0.05, 0) is 26.2 Å². The molecule has 5 N–H and O–H groups in total. The lowest BCUT2D eigenvalue weighted by Crippen LogP contribution is -2.64. The second-order valence-corrected chi connectivity index (χ2v) is 4.58. The zero-order valence-corrected chi connectivity index (χ0v) is 11.1. The van der Waals surface area contributed by atoms with Gasteiger partial charge < -0.3 is 30.9 Å².